The van der Waals surface area contributed by atoms with Gasteiger partial charge in [-0.05, 0) is 43.8 Å². The fourth-order valence-corrected chi connectivity index (χ4v) is 3.83. The molecule has 3 aliphatic rings. The molecule has 1 aromatic carbocycles. The first-order valence-corrected chi connectivity index (χ1v) is 7.50. The largest absolute Gasteiger partial charge is 0.303 e. The van der Waals surface area contributed by atoms with E-state index in [1.807, 2.05) is 24.3 Å². The van der Waals surface area contributed by atoms with Gasteiger partial charge in [0.15, 0.2) is 5.78 Å². The van der Waals surface area contributed by atoms with Crippen LogP contribution in [0.4, 0.5) is 0 Å². The summed E-state index contributed by atoms with van der Waals surface area (Å²) < 4.78 is 0. The van der Waals surface area contributed by atoms with Gasteiger partial charge in [0, 0.05) is 18.4 Å². The van der Waals surface area contributed by atoms with Gasteiger partial charge in [-0.2, -0.15) is 5.10 Å². The average molecular weight is 269 g/mol. The number of fused-ring (bicyclic) bond motifs is 4. The predicted octanol–water partition coefficient (Wildman–Crippen LogP) is 2.48. The molecular formula is C16H19N3O. The molecule has 4 nitrogen and oxygen atoms in total. The molecule has 0 aliphatic carbocycles. The number of carbonyl (C=O) groups is 1. The van der Waals surface area contributed by atoms with Crippen LogP contribution in [0.5, 0.6) is 0 Å². The van der Waals surface area contributed by atoms with Crippen molar-refractivity contribution in [3.05, 3.63) is 30.0 Å². The van der Waals surface area contributed by atoms with Crippen molar-refractivity contribution >= 4 is 16.7 Å². The van der Waals surface area contributed by atoms with E-state index in [4.69, 9.17) is 0 Å². The number of aromatic nitrogens is 2. The highest BCUT2D eigenvalue weighted by atomic mass is 16.1. The van der Waals surface area contributed by atoms with Crippen LogP contribution in [0.3, 0.4) is 0 Å². The highest BCUT2D eigenvalue weighted by molar-refractivity contribution is 6.05. The van der Waals surface area contributed by atoms with Crippen LogP contribution in [0.1, 0.15) is 29.8 Å². The maximum absolute atomic E-state index is 12.6. The molecule has 3 aliphatic heterocycles. The highest BCUT2D eigenvalue weighted by Crippen LogP contribution is 2.35. The maximum Gasteiger partial charge on any atom is 0.184 e. The number of ketones is 1. The SMILES string of the molecule is O=C(CC1CN2CCC1CC2)c1n[nH]c2ccccc12. The molecule has 1 N–H and O–H groups in total. The number of piperidine rings is 3. The van der Waals surface area contributed by atoms with Gasteiger partial charge in [-0.25, -0.2) is 0 Å². The fourth-order valence-electron chi connectivity index (χ4n) is 3.83. The third-order valence-corrected chi connectivity index (χ3v) is 4.97. The Morgan fingerprint density at radius 2 is 2.10 bits per heavy atom. The number of H-pyrrole nitrogens is 1. The van der Waals surface area contributed by atoms with Gasteiger partial charge in [0.2, 0.25) is 0 Å². The Labute approximate surface area is 118 Å². The first-order valence-electron chi connectivity index (χ1n) is 7.50. The van der Waals surface area contributed by atoms with Crippen molar-refractivity contribution in [1.29, 1.82) is 0 Å². The molecule has 20 heavy (non-hydrogen) atoms. The minimum atomic E-state index is 0.196. The Morgan fingerprint density at radius 1 is 1.30 bits per heavy atom. The number of nitrogens with zero attached hydrogens (tertiary/aromatic N) is 2. The van der Waals surface area contributed by atoms with Crippen LogP contribution < -0.4 is 0 Å². The molecule has 0 spiro atoms. The number of carbonyl (C=O) groups excluding carboxylic acids is 1. The number of hydrogen-bond donors (Lipinski definition) is 1. The van der Waals surface area contributed by atoms with Crippen molar-refractivity contribution in [3.8, 4) is 0 Å². The zero-order valence-electron chi connectivity index (χ0n) is 11.5. The summed E-state index contributed by atoms with van der Waals surface area (Å²) in [6.45, 7) is 3.54. The molecule has 1 aromatic heterocycles. The van der Waals surface area contributed by atoms with Crippen molar-refractivity contribution in [1.82, 2.24) is 15.1 Å². The lowest BCUT2D eigenvalue weighted by atomic mass is 9.76. The number of hydrogen-bond acceptors (Lipinski definition) is 3. The molecule has 2 aromatic rings. The third kappa shape index (κ3) is 1.95. The zero-order valence-corrected chi connectivity index (χ0v) is 11.5. The Kier molecular flexibility index (Phi) is 2.84. The Bertz CT molecular complexity index is 640. The second kappa shape index (κ2) is 4.70. The molecular weight excluding hydrogens is 250 g/mol. The molecule has 4 heterocycles. The van der Waals surface area contributed by atoms with Gasteiger partial charge in [-0.3, -0.25) is 9.89 Å². The number of para-hydroxylation sites is 1. The van der Waals surface area contributed by atoms with Gasteiger partial charge >= 0.3 is 0 Å². The van der Waals surface area contributed by atoms with Crippen molar-refractivity contribution in [2.75, 3.05) is 19.6 Å². The molecule has 3 fully saturated rings. The van der Waals surface area contributed by atoms with Crippen molar-refractivity contribution in [2.45, 2.75) is 19.3 Å². The van der Waals surface area contributed by atoms with Crippen LogP contribution in [0, 0.1) is 11.8 Å². The topological polar surface area (TPSA) is 49.0 Å². The van der Waals surface area contributed by atoms with Crippen LogP contribution in [0.25, 0.3) is 10.9 Å². The quantitative estimate of drug-likeness (QED) is 0.871. The monoisotopic (exact) mass is 269 g/mol. The Morgan fingerprint density at radius 3 is 2.85 bits per heavy atom. The summed E-state index contributed by atoms with van der Waals surface area (Å²) in [6, 6.07) is 7.86. The van der Waals surface area contributed by atoms with Crippen molar-refractivity contribution in [3.63, 3.8) is 0 Å². The summed E-state index contributed by atoms with van der Waals surface area (Å²) in [5.41, 5.74) is 1.57. The van der Waals surface area contributed by atoms with E-state index in [1.54, 1.807) is 0 Å². The van der Waals surface area contributed by atoms with Crippen molar-refractivity contribution < 1.29 is 4.79 Å². The molecule has 3 saturated heterocycles. The minimum absolute atomic E-state index is 0.196. The zero-order chi connectivity index (χ0) is 13.5. The predicted molar refractivity (Wildman–Crippen MR) is 77.7 cm³/mol. The number of benzene rings is 1. The first kappa shape index (κ1) is 12.1. The third-order valence-electron chi connectivity index (χ3n) is 4.97. The molecule has 0 amide bonds. The number of Topliss-reactive ketones (excluding diaryl/α,β-unsaturated/α-hetero) is 1. The van der Waals surface area contributed by atoms with Gasteiger partial charge in [0.25, 0.3) is 0 Å². The average Bonchev–Trinajstić information content (AvgIpc) is 2.92. The van der Waals surface area contributed by atoms with Crippen LogP contribution in [0.15, 0.2) is 24.3 Å². The van der Waals surface area contributed by atoms with Gasteiger partial charge in [0.05, 0.1) is 5.52 Å². The number of nitrogens with one attached hydrogen (secondary N) is 1. The Balaban J connectivity index is 1.56. The van der Waals surface area contributed by atoms with Crippen molar-refractivity contribution in [2.24, 2.45) is 11.8 Å². The summed E-state index contributed by atoms with van der Waals surface area (Å²) in [7, 11) is 0. The van der Waals surface area contributed by atoms with Gasteiger partial charge < -0.3 is 4.90 Å². The lowest BCUT2D eigenvalue weighted by molar-refractivity contribution is 0.0440. The van der Waals surface area contributed by atoms with E-state index >= 15 is 0 Å². The van der Waals surface area contributed by atoms with E-state index in [1.165, 1.54) is 25.9 Å². The summed E-state index contributed by atoms with van der Waals surface area (Å²) in [6.07, 6.45) is 3.18. The van der Waals surface area contributed by atoms with Crippen LogP contribution in [0.2, 0.25) is 0 Å². The summed E-state index contributed by atoms with van der Waals surface area (Å²) >= 11 is 0. The van der Waals surface area contributed by atoms with E-state index in [-0.39, 0.29) is 5.78 Å². The number of rotatable bonds is 3. The standard InChI is InChI=1S/C16H19N3O/c20-15(9-12-10-19-7-5-11(12)6-8-19)16-13-3-1-2-4-14(13)17-18-16/h1-4,11-12H,5-10H2,(H,17,18). The van der Waals surface area contributed by atoms with E-state index in [9.17, 15) is 4.79 Å². The first-order chi connectivity index (χ1) is 9.81. The van der Waals surface area contributed by atoms with Gasteiger partial charge in [0.1, 0.15) is 5.69 Å². The van der Waals surface area contributed by atoms with Crippen LogP contribution >= 0.6 is 0 Å². The van der Waals surface area contributed by atoms with E-state index in [0.29, 0.717) is 18.0 Å². The van der Waals surface area contributed by atoms with E-state index in [2.05, 4.69) is 15.1 Å². The lowest BCUT2D eigenvalue weighted by Crippen LogP contribution is -2.47. The molecule has 1 unspecified atom stereocenters. The van der Waals surface area contributed by atoms with E-state index in [0.717, 1.165) is 23.4 Å². The Hall–Kier alpha value is -1.68. The van der Waals surface area contributed by atoms with Crippen LogP contribution in [-0.4, -0.2) is 40.5 Å². The molecule has 5 rings (SSSR count). The normalized spacial score (nSPS) is 28.9. The number of aromatic amines is 1. The summed E-state index contributed by atoms with van der Waals surface area (Å²) in [5, 5.41) is 8.15. The fraction of sp³-hybridized carbons (Fsp3) is 0.500. The second-order valence-corrected chi connectivity index (χ2v) is 6.14. The molecule has 2 bridgehead atoms. The lowest BCUT2D eigenvalue weighted by Gasteiger charge is -2.44. The molecule has 0 saturated carbocycles. The summed E-state index contributed by atoms with van der Waals surface area (Å²) in [4.78, 5) is 15.1. The molecule has 1 atom stereocenters. The summed E-state index contributed by atoms with van der Waals surface area (Å²) in [5.74, 6) is 1.47. The van der Waals surface area contributed by atoms with Crippen LogP contribution in [-0.2, 0) is 0 Å². The van der Waals surface area contributed by atoms with Gasteiger partial charge in [-0.15, -0.1) is 0 Å². The minimum Gasteiger partial charge on any atom is -0.303 e. The smallest absolute Gasteiger partial charge is 0.184 e. The molecule has 0 radical (unpaired) electrons. The molecule has 4 heteroatoms. The highest BCUT2D eigenvalue weighted by Gasteiger charge is 2.35. The maximum atomic E-state index is 12.6. The van der Waals surface area contributed by atoms with E-state index < -0.39 is 0 Å². The molecule has 104 valence electrons. The second-order valence-electron chi connectivity index (χ2n) is 6.14. The van der Waals surface area contributed by atoms with Gasteiger partial charge in [-0.1, -0.05) is 18.2 Å².